The maximum Gasteiger partial charge on any atom is 0.254 e. The minimum atomic E-state index is -0.162. The van der Waals surface area contributed by atoms with Gasteiger partial charge in [-0.05, 0) is 37.6 Å². The van der Waals surface area contributed by atoms with E-state index >= 15 is 0 Å². The first kappa shape index (κ1) is 15.6. The fourth-order valence-corrected chi connectivity index (χ4v) is 2.43. The predicted molar refractivity (Wildman–Crippen MR) is 80.9 cm³/mol. The van der Waals surface area contributed by atoms with Crippen LogP contribution in [0.4, 0.5) is 0 Å². The molecular formula is C17H21NO3. The molecule has 0 saturated carbocycles. The Balaban J connectivity index is 2.14. The first-order valence-corrected chi connectivity index (χ1v) is 7.28. The molecule has 4 nitrogen and oxygen atoms in total. The quantitative estimate of drug-likeness (QED) is 0.842. The number of amides is 1. The summed E-state index contributed by atoms with van der Waals surface area (Å²) in [4.78, 5) is 14.5. The predicted octanol–water partition coefficient (Wildman–Crippen LogP) is 1.67. The third kappa shape index (κ3) is 3.84. The first-order chi connectivity index (χ1) is 10.2. The van der Waals surface area contributed by atoms with Crippen LogP contribution in [-0.4, -0.2) is 47.8 Å². The van der Waals surface area contributed by atoms with E-state index in [9.17, 15) is 4.79 Å². The minimum absolute atomic E-state index is 0.0404. The van der Waals surface area contributed by atoms with Crippen LogP contribution < -0.4 is 0 Å². The maximum absolute atomic E-state index is 12.6. The Labute approximate surface area is 125 Å². The second kappa shape index (κ2) is 7.26. The number of hydrogen-bond acceptors (Lipinski definition) is 3. The maximum atomic E-state index is 12.6. The molecule has 1 saturated heterocycles. The van der Waals surface area contributed by atoms with Crippen molar-refractivity contribution in [2.24, 2.45) is 0 Å². The number of rotatable bonds is 2. The van der Waals surface area contributed by atoms with Gasteiger partial charge in [0.25, 0.3) is 5.91 Å². The average Bonchev–Trinajstić information content (AvgIpc) is 2.52. The van der Waals surface area contributed by atoms with Crippen LogP contribution in [0.5, 0.6) is 0 Å². The van der Waals surface area contributed by atoms with Gasteiger partial charge >= 0.3 is 0 Å². The van der Waals surface area contributed by atoms with Gasteiger partial charge in [-0.15, -0.1) is 0 Å². The van der Waals surface area contributed by atoms with E-state index in [1.807, 2.05) is 11.8 Å². The van der Waals surface area contributed by atoms with Gasteiger partial charge < -0.3 is 14.7 Å². The molecule has 21 heavy (non-hydrogen) atoms. The van der Waals surface area contributed by atoms with E-state index in [1.54, 1.807) is 24.3 Å². The molecular weight excluding hydrogens is 266 g/mol. The Bertz CT molecular complexity index is 541. The Morgan fingerprint density at radius 2 is 2.14 bits per heavy atom. The monoisotopic (exact) mass is 287 g/mol. The van der Waals surface area contributed by atoms with Crippen molar-refractivity contribution < 1.29 is 14.6 Å². The number of hydrogen-bond donors (Lipinski definition) is 1. The average molecular weight is 287 g/mol. The molecule has 1 fully saturated rings. The van der Waals surface area contributed by atoms with E-state index in [1.165, 1.54) is 0 Å². The van der Waals surface area contributed by atoms with Gasteiger partial charge in [-0.1, -0.05) is 18.8 Å². The van der Waals surface area contributed by atoms with Gasteiger partial charge in [-0.2, -0.15) is 0 Å². The number of aliphatic hydroxyl groups is 1. The zero-order valence-electron chi connectivity index (χ0n) is 12.5. The van der Waals surface area contributed by atoms with Gasteiger partial charge in [0.05, 0.1) is 18.8 Å². The number of aliphatic hydroxyl groups excluding tert-OH is 1. The van der Waals surface area contributed by atoms with Crippen molar-refractivity contribution >= 4 is 5.91 Å². The normalized spacial score (nSPS) is 21.6. The van der Waals surface area contributed by atoms with Gasteiger partial charge in [0.15, 0.2) is 0 Å². The van der Waals surface area contributed by atoms with Crippen LogP contribution in [-0.2, 0) is 4.74 Å². The van der Waals surface area contributed by atoms with Gasteiger partial charge in [0, 0.05) is 17.7 Å². The molecule has 112 valence electrons. The molecule has 0 bridgehead atoms. The van der Waals surface area contributed by atoms with Crippen LogP contribution in [0.15, 0.2) is 24.3 Å². The molecule has 0 radical (unpaired) electrons. The summed E-state index contributed by atoms with van der Waals surface area (Å²) in [5.41, 5.74) is 1.46. The lowest BCUT2D eigenvalue weighted by atomic mass is 10.1. The van der Waals surface area contributed by atoms with Gasteiger partial charge in [0.2, 0.25) is 0 Å². The molecule has 2 atom stereocenters. The van der Waals surface area contributed by atoms with Gasteiger partial charge in [-0.25, -0.2) is 0 Å². The zero-order chi connectivity index (χ0) is 15.2. The van der Waals surface area contributed by atoms with Crippen LogP contribution in [0.1, 0.15) is 36.2 Å². The fraction of sp³-hybridized carbons (Fsp3) is 0.471. The van der Waals surface area contributed by atoms with Crippen LogP contribution in [0.2, 0.25) is 0 Å². The smallest absolute Gasteiger partial charge is 0.254 e. The SMILES string of the molecule is CCC1COC(C)CN1C(=O)c1ccc(C#CCO)cc1. The number of morpholine rings is 1. The Morgan fingerprint density at radius 1 is 1.43 bits per heavy atom. The molecule has 1 aromatic rings. The highest BCUT2D eigenvalue weighted by molar-refractivity contribution is 5.94. The summed E-state index contributed by atoms with van der Waals surface area (Å²) in [6.45, 7) is 5.12. The summed E-state index contributed by atoms with van der Waals surface area (Å²) in [5, 5.41) is 8.68. The van der Waals surface area contributed by atoms with E-state index < -0.39 is 0 Å². The number of carbonyl (C=O) groups excluding carboxylic acids is 1. The highest BCUT2D eigenvalue weighted by atomic mass is 16.5. The van der Waals surface area contributed by atoms with Crippen LogP contribution in [0.3, 0.4) is 0 Å². The standard InChI is InChI=1S/C17H21NO3/c1-3-16-12-21-13(2)11-18(16)17(20)15-8-6-14(7-9-15)5-4-10-19/h6-9,13,16,19H,3,10-12H2,1-2H3. The topological polar surface area (TPSA) is 49.8 Å². The second-order valence-electron chi connectivity index (χ2n) is 5.20. The fourth-order valence-electron chi connectivity index (χ4n) is 2.43. The molecule has 2 unspecified atom stereocenters. The van der Waals surface area contributed by atoms with Crippen molar-refractivity contribution in [2.75, 3.05) is 19.8 Å². The van der Waals surface area contributed by atoms with E-state index in [0.29, 0.717) is 18.7 Å². The summed E-state index contributed by atoms with van der Waals surface area (Å²) >= 11 is 0. The van der Waals surface area contributed by atoms with E-state index in [0.717, 1.165) is 12.0 Å². The lowest BCUT2D eigenvalue weighted by molar-refractivity contribution is -0.0444. The molecule has 1 aliphatic heterocycles. The summed E-state index contributed by atoms with van der Waals surface area (Å²) in [6, 6.07) is 7.33. The lowest BCUT2D eigenvalue weighted by Crippen LogP contribution is -2.51. The van der Waals surface area contributed by atoms with Crippen molar-refractivity contribution in [1.29, 1.82) is 0 Å². The third-order valence-corrected chi connectivity index (χ3v) is 3.64. The Kier molecular flexibility index (Phi) is 5.38. The molecule has 1 heterocycles. The summed E-state index contributed by atoms with van der Waals surface area (Å²) in [6.07, 6.45) is 0.963. The van der Waals surface area contributed by atoms with Crippen molar-refractivity contribution in [1.82, 2.24) is 4.90 Å². The lowest BCUT2D eigenvalue weighted by Gasteiger charge is -2.38. The van der Waals surface area contributed by atoms with Crippen molar-refractivity contribution in [3.8, 4) is 11.8 Å². The number of benzene rings is 1. The van der Waals surface area contributed by atoms with Crippen molar-refractivity contribution in [3.05, 3.63) is 35.4 Å². The van der Waals surface area contributed by atoms with E-state index in [4.69, 9.17) is 9.84 Å². The molecule has 0 aliphatic carbocycles. The molecule has 1 amide bonds. The zero-order valence-corrected chi connectivity index (χ0v) is 12.5. The largest absolute Gasteiger partial charge is 0.384 e. The molecule has 1 aromatic carbocycles. The van der Waals surface area contributed by atoms with Crippen molar-refractivity contribution in [2.45, 2.75) is 32.4 Å². The molecule has 0 spiro atoms. The molecule has 1 aliphatic rings. The Hall–Kier alpha value is -1.83. The second-order valence-corrected chi connectivity index (χ2v) is 5.20. The molecule has 1 N–H and O–H groups in total. The minimum Gasteiger partial charge on any atom is -0.384 e. The van der Waals surface area contributed by atoms with Gasteiger partial charge in [0.1, 0.15) is 6.61 Å². The summed E-state index contributed by atoms with van der Waals surface area (Å²) in [5.74, 6) is 5.45. The summed E-state index contributed by atoms with van der Waals surface area (Å²) in [7, 11) is 0. The summed E-state index contributed by atoms with van der Waals surface area (Å²) < 4.78 is 5.63. The molecule has 0 aromatic heterocycles. The van der Waals surface area contributed by atoms with Crippen LogP contribution >= 0.6 is 0 Å². The van der Waals surface area contributed by atoms with E-state index in [2.05, 4.69) is 18.8 Å². The molecule has 2 rings (SSSR count). The van der Waals surface area contributed by atoms with Gasteiger partial charge in [-0.3, -0.25) is 4.79 Å². The van der Waals surface area contributed by atoms with E-state index in [-0.39, 0.29) is 24.7 Å². The highest BCUT2D eigenvalue weighted by Crippen LogP contribution is 2.18. The van der Waals surface area contributed by atoms with Crippen molar-refractivity contribution in [3.63, 3.8) is 0 Å². The first-order valence-electron chi connectivity index (χ1n) is 7.28. The number of nitrogens with zero attached hydrogens (tertiary/aromatic N) is 1. The van der Waals surface area contributed by atoms with Crippen LogP contribution in [0, 0.1) is 11.8 Å². The number of ether oxygens (including phenoxy) is 1. The number of carbonyl (C=O) groups is 1. The molecule has 4 heteroatoms. The highest BCUT2D eigenvalue weighted by Gasteiger charge is 2.29. The van der Waals surface area contributed by atoms with Crippen LogP contribution in [0.25, 0.3) is 0 Å². The third-order valence-electron chi connectivity index (χ3n) is 3.64. The Morgan fingerprint density at radius 3 is 2.76 bits per heavy atom.